The Hall–Kier alpha value is -1.75. The number of ether oxygens (including phenoxy) is 2. The SMILES string of the molecule is Cc1cc(Cl)ccc1OCCCC(=O)OC(C)C(=O)NC1CC1. The number of carbonyl (C=O) groups is 2. The third kappa shape index (κ3) is 6.10. The first-order chi connectivity index (χ1) is 11.0. The van der Waals surface area contributed by atoms with Gasteiger partial charge in [0.15, 0.2) is 6.10 Å². The lowest BCUT2D eigenvalue weighted by atomic mass is 10.2. The monoisotopic (exact) mass is 339 g/mol. The summed E-state index contributed by atoms with van der Waals surface area (Å²) in [7, 11) is 0. The number of rotatable bonds is 8. The van der Waals surface area contributed by atoms with Crippen LogP contribution in [-0.2, 0) is 14.3 Å². The Bertz CT molecular complexity index is 572. The summed E-state index contributed by atoms with van der Waals surface area (Å²) in [6.07, 6.45) is 2.01. The van der Waals surface area contributed by atoms with Gasteiger partial charge in [0, 0.05) is 17.5 Å². The second-order valence-electron chi connectivity index (χ2n) is 5.78. The lowest BCUT2D eigenvalue weighted by Crippen LogP contribution is -2.37. The lowest BCUT2D eigenvalue weighted by molar-refractivity contribution is -0.155. The van der Waals surface area contributed by atoms with Crippen LogP contribution >= 0.6 is 11.6 Å². The van der Waals surface area contributed by atoms with Crippen molar-refractivity contribution >= 4 is 23.5 Å². The van der Waals surface area contributed by atoms with E-state index in [4.69, 9.17) is 21.1 Å². The number of amides is 1. The number of benzene rings is 1. The van der Waals surface area contributed by atoms with Crippen molar-refractivity contribution in [3.8, 4) is 5.75 Å². The molecule has 0 saturated heterocycles. The van der Waals surface area contributed by atoms with Crippen LogP contribution in [0, 0.1) is 6.92 Å². The maximum absolute atomic E-state index is 11.7. The molecule has 0 aromatic heterocycles. The highest BCUT2D eigenvalue weighted by molar-refractivity contribution is 6.30. The number of carbonyl (C=O) groups excluding carboxylic acids is 2. The van der Waals surface area contributed by atoms with Crippen molar-refractivity contribution < 1.29 is 19.1 Å². The first-order valence-electron chi connectivity index (χ1n) is 7.84. The predicted molar refractivity (Wildman–Crippen MR) is 87.6 cm³/mol. The molecule has 0 radical (unpaired) electrons. The fraction of sp³-hybridized carbons (Fsp3) is 0.529. The van der Waals surface area contributed by atoms with E-state index in [9.17, 15) is 9.59 Å². The molecule has 1 fully saturated rings. The summed E-state index contributed by atoms with van der Waals surface area (Å²) in [6, 6.07) is 5.66. The van der Waals surface area contributed by atoms with Gasteiger partial charge < -0.3 is 14.8 Å². The van der Waals surface area contributed by atoms with E-state index in [2.05, 4.69) is 5.32 Å². The second-order valence-corrected chi connectivity index (χ2v) is 6.21. The van der Waals surface area contributed by atoms with Crippen LogP contribution in [0.25, 0.3) is 0 Å². The van der Waals surface area contributed by atoms with Crippen molar-refractivity contribution in [3.63, 3.8) is 0 Å². The number of aryl methyl sites for hydroxylation is 1. The average Bonchev–Trinajstić information content (AvgIpc) is 3.29. The molecule has 1 aliphatic carbocycles. The molecule has 5 nitrogen and oxygen atoms in total. The number of esters is 1. The van der Waals surface area contributed by atoms with E-state index in [0.29, 0.717) is 18.1 Å². The molecule has 1 N–H and O–H groups in total. The topological polar surface area (TPSA) is 64.6 Å². The first-order valence-corrected chi connectivity index (χ1v) is 8.22. The summed E-state index contributed by atoms with van der Waals surface area (Å²) in [4.78, 5) is 23.4. The van der Waals surface area contributed by atoms with E-state index in [1.54, 1.807) is 19.1 Å². The van der Waals surface area contributed by atoms with Gasteiger partial charge in [-0.2, -0.15) is 0 Å². The maximum atomic E-state index is 11.7. The number of hydrogen-bond donors (Lipinski definition) is 1. The summed E-state index contributed by atoms with van der Waals surface area (Å²) < 4.78 is 10.7. The number of nitrogens with one attached hydrogen (secondary N) is 1. The quantitative estimate of drug-likeness (QED) is 0.584. The van der Waals surface area contributed by atoms with Crippen LogP contribution in [0.4, 0.5) is 0 Å². The summed E-state index contributed by atoms with van der Waals surface area (Å²) in [5, 5.41) is 3.47. The Morgan fingerprint density at radius 1 is 1.39 bits per heavy atom. The van der Waals surface area contributed by atoms with Crippen LogP contribution in [0.15, 0.2) is 18.2 Å². The Labute approximate surface area is 141 Å². The highest BCUT2D eigenvalue weighted by Crippen LogP contribution is 2.22. The molecule has 1 aromatic carbocycles. The summed E-state index contributed by atoms with van der Waals surface area (Å²) in [6.45, 7) is 3.90. The highest BCUT2D eigenvalue weighted by atomic mass is 35.5. The van der Waals surface area contributed by atoms with E-state index >= 15 is 0 Å². The number of halogens is 1. The molecular formula is C17H22ClNO4. The summed E-state index contributed by atoms with van der Waals surface area (Å²) >= 11 is 5.88. The second kappa shape index (κ2) is 8.20. The van der Waals surface area contributed by atoms with Crippen LogP contribution in [0.3, 0.4) is 0 Å². The summed E-state index contributed by atoms with van der Waals surface area (Å²) in [5.41, 5.74) is 0.949. The molecule has 1 aliphatic rings. The predicted octanol–water partition coefficient (Wildman–Crippen LogP) is 3.02. The molecule has 0 spiro atoms. The van der Waals surface area contributed by atoms with Gasteiger partial charge in [-0.3, -0.25) is 9.59 Å². The Balaban J connectivity index is 1.63. The van der Waals surface area contributed by atoms with Crippen LogP contribution in [0.5, 0.6) is 5.75 Å². The van der Waals surface area contributed by atoms with Gasteiger partial charge in [-0.25, -0.2) is 0 Å². The van der Waals surface area contributed by atoms with Crippen molar-refractivity contribution in [1.82, 2.24) is 5.32 Å². The van der Waals surface area contributed by atoms with Crippen molar-refractivity contribution in [3.05, 3.63) is 28.8 Å². The maximum Gasteiger partial charge on any atom is 0.306 e. The van der Waals surface area contributed by atoms with Gasteiger partial charge in [-0.1, -0.05) is 11.6 Å². The van der Waals surface area contributed by atoms with E-state index in [0.717, 1.165) is 24.2 Å². The van der Waals surface area contributed by atoms with E-state index in [1.807, 2.05) is 13.0 Å². The fourth-order valence-corrected chi connectivity index (χ4v) is 2.26. The molecule has 0 aliphatic heterocycles. The average molecular weight is 340 g/mol. The Kier molecular flexibility index (Phi) is 6.28. The minimum Gasteiger partial charge on any atom is -0.493 e. The Morgan fingerprint density at radius 3 is 2.78 bits per heavy atom. The molecule has 1 saturated carbocycles. The van der Waals surface area contributed by atoms with Gasteiger partial charge in [0.25, 0.3) is 5.91 Å². The zero-order chi connectivity index (χ0) is 16.8. The third-order valence-electron chi connectivity index (χ3n) is 3.52. The van der Waals surface area contributed by atoms with E-state index in [-0.39, 0.29) is 24.3 Å². The first kappa shape index (κ1) is 17.6. The standard InChI is InChI=1S/C17H22ClNO4/c1-11-10-13(18)5-8-15(11)22-9-3-4-16(20)23-12(2)17(21)19-14-6-7-14/h5,8,10,12,14H,3-4,6-7,9H2,1-2H3,(H,19,21). The largest absolute Gasteiger partial charge is 0.493 e. The molecule has 2 rings (SSSR count). The molecule has 1 atom stereocenters. The van der Waals surface area contributed by atoms with Crippen molar-refractivity contribution in [2.24, 2.45) is 0 Å². The molecule has 0 heterocycles. The molecule has 1 aromatic rings. The molecule has 23 heavy (non-hydrogen) atoms. The normalized spacial score (nSPS) is 14.9. The molecule has 1 amide bonds. The highest BCUT2D eigenvalue weighted by Gasteiger charge is 2.27. The Morgan fingerprint density at radius 2 is 2.13 bits per heavy atom. The number of hydrogen-bond acceptors (Lipinski definition) is 4. The zero-order valence-corrected chi connectivity index (χ0v) is 14.2. The van der Waals surface area contributed by atoms with Crippen molar-refractivity contribution in [2.45, 2.75) is 51.7 Å². The van der Waals surface area contributed by atoms with E-state index < -0.39 is 6.10 Å². The van der Waals surface area contributed by atoms with Gasteiger partial charge in [0.1, 0.15) is 5.75 Å². The van der Waals surface area contributed by atoms with Crippen LogP contribution in [0.1, 0.15) is 38.2 Å². The van der Waals surface area contributed by atoms with Gasteiger partial charge in [0.05, 0.1) is 6.61 Å². The van der Waals surface area contributed by atoms with E-state index in [1.165, 1.54) is 0 Å². The molecule has 1 unspecified atom stereocenters. The van der Waals surface area contributed by atoms with Gasteiger partial charge in [-0.05, 0) is 56.9 Å². The third-order valence-corrected chi connectivity index (χ3v) is 3.76. The molecule has 126 valence electrons. The lowest BCUT2D eigenvalue weighted by Gasteiger charge is -2.13. The van der Waals surface area contributed by atoms with Crippen molar-refractivity contribution in [2.75, 3.05) is 6.61 Å². The molecular weight excluding hydrogens is 318 g/mol. The smallest absolute Gasteiger partial charge is 0.306 e. The van der Waals surface area contributed by atoms with Gasteiger partial charge in [-0.15, -0.1) is 0 Å². The molecule has 6 heteroatoms. The minimum atomic E-state index is -0.748. The van der Waals surface area contributed by atoms with Crippen LogP contribution < -0.4 is 10.1 Å². The van der Waals surface area contributed by atoms with Gasteiger partial charge in [0.2, 0.25) is 0 Å². The zero-order valence-electron chi connectivity index (χ0n) is 13.4. The van der Waals surface area contributed by atoms with Gasteiger partial charge >= 0.3 is 5.97 Å². The molecule has 0 bridgehead atoms. The van der Waals surface area contributed by atoms with Crippen molar-refractivity contribution in [1.29, 1.82) is 0 Å². The minimum absolute atomic E-state index is 0.216. The van der Waals surface area contributed by atoms with Crippen LogP contribution in [-0.4, -0.2) is 30.6 Å². The fourth-order valence-electron chi connectivity index (χ4n) is 2.03. The summed E-state index contributed by atoms with van der Waals surface area (Å²) in [5.74, 6) is 0.133. The van der Waals surface area contributed by atoms with Crippen LogP contribution in [0.2, 0.25) is 5.02 Å².